The normalized spacial score (nSPS) is 24.2. The lowest BCUT2D eigenvalue weighted by atomic mass is 9.64. The van der Waals surface area contributed by atoms with Gasteiger partial charge in [0, 0.05) is 6.04 Å². The van der Waals surface area contributed by atoms with E-state index in [0.717, 1.165) is 5.92 Å². The zero-order chi connectivity index (χ0) is 14.0. The molecule has 1 N–H and O–H groups in total. The molecule has 1 aliphatic rings. The van der Waals surface area contributed by atoms with Gasteiger partial charge in [-0.2, -0.15) is 0 Å². The van der Waals surface area contributed by atoms with Gasteiger partial charge >= 0.3 is 0 Å². The fourth-order valence-electron chi connectivity index (χ4n) is 3.93. The summed E-state index contributed by atoms with van der Waals surface area (Å²) in [6.45, 7) is 9.30. The molecule has 0 radical (unpaired) electrons. The monoisotopic (exact) mass is 259 g/mol. The third-order valence-electron chi connectivity index (χ3n) is 4.91. The Morgan fingerprint density at radius 1 is 1.11 bits per heavy atom. The first kappa shape index (κ1) is 14.6. The lowest BCUT2D eigenvalue weighted by Crippen LogP contribution is -2.37. The topological polar surface area (TPSA) is 12.0 Å². The number of hydrogen-bond acceptors (Lipinski definition) is 1. The number of nitrogens with one attached hydrogen (secondary N) is 1. The summed E-state index contributed by atoms with van der Waals surface area (Å²) in [5.41, 5.74) is 4.68. The lowest BCUT2D eigenvalue weighted by molar-refractivity contribution is 0.101. The van der Waals surface area contributed by atoms with Gasteiger partial charge in [0.2, 0.25) is 0 Å². The molecule has 0 aliphatic heterocycles. The predicted octanol–water partition coefficient (Wildman–Crippen LogP) is 4.78. The van der Waals surface area contributed by atoms with Gasteiger partial charge in [-0.25, -0.2) is 0 Å². The van der Waals surface area contributed by atoms with Crippen LogP contribution < -0.4 is 5.32 Å². The van der Waals surface area contributed by atoms with Crippen LogP contribution in [0.4, 0.5) is 0 Å². The smallest absolute Gasteiger partial charge is 0.0351 e. The molecule has 106 valence electrons. The molecule has 1 heteroatoms. The number of hydrogen-bond donors (Lipinski definition) is 1. The van der Waals surface area contributed by atoms with Gasteiger partial charge in [-0.1, -0.05) is 56.0 Å². The first-order valence-corrected chi connectivity index (χ1v) is 7.69. The van der Waals surface area contributed by atoms with E-state index >= 15 is 0 Å². The second-order valence-electron chi connectivity index (χ2n) is 7.03. The lowest BCUT2D eigenvalue weighted by Gasteiger charge is -2.43. The maximum Gasteiger partial charge on any atom is 0.0351 e. The SMILES string of the molecule is CNC(c1cc(C)cc(C)c1)C1CCCCC1(C)C. The van der Waals surface area contributed by atoms with Crippen LogP contribution in [0.2, 0.25) is 0 Å². The summed E-state index contributed by atoms with van der Waals surface area (Å²) in [5, 5.41) is 3.60. The van der Waals surface area contributed by atoms with Gasteiger partial charge in [0.1, 0.15) is 0 Å². The quantitative estimate of drug-likeness (QED) is 0.823. The first-order valence-electron chi connectivity index (χ1n) is 7.69. The standard InChI is InChI=1S/C18H29N/c1-13-10-14(2)12-15(11-13)17(19-5)16-8-6-7-9-18(16,3)4/h10-12,16-17,19H,6-9H2,1-5H3. The van der Waals surface area contributed by atoms with E-state index in [2.05, 4.69) is 58.3 Å². The number of benzene rings is 1. The van der Waals surface area contributed by atoms with Crippen molar-refractivity contribution < 1.29 is 0 Å². The molecule has 0 bridgehead atoms. The van der Waals surface area contributed by atoms with E-state index in [1.165, 1.54) is 42.4 Å². The molecule has 1 aliphatic carbocycles. The van der Waals surface area contributed by atoms with Crippen molar-refractivity contribution in [3.63, 3.8) is 0 Å². The van der Waals surface area contributed by atoms with Crippen LogP contribution in [0.15, 0.2) is 18.2 Å². The Balaban J connectivity index is 2.33. The molecule has 1 saturated carbocycles. The van der Waals surface area contributed by atoms with Crippen LogP contribution in [0.1, 0.15) is 62.3 Å². The number of aryl methyl sites for hydroxylation is 2. The highest BCUT2D eigenvalue weighted by atomic mass is 14.9. The second-order valence-corrected chi connectivity index (χ2v) is 7.03. The average Bonchev–Trinajstić information content (AvgIpc) is 2.30. The van der Waals surface area contributed by atoms with E-state index in [-0.39, 0.29) is 0 Å². The van der Waals surface area contributed by atoms with E-state index in [9.17, 15) is 0 Å². The molecule has 0 aromatic heterocycles. The molecular weight excluding hydrogens is 230 g/mol. The minimum atomic E-state index is 0.448. The van der Waals surface area contributed by atoms with Crippen LogP contribution in [0.3, 0.4) is 0 Å². The van der Waals surface area contributed by atoms with Gasteiger partial charge < -0.3 is 5.32 Å². The van der Waals surface area contributed by atoms with Crippen LogP contribution in [-0.4, -0.2) is 7.05 Å². The van der Waals surface area contributed by atoms with Crippen LogP contribution in [0, 0.1) is 25.2 Å². The Morgan fingerprint density at radius 2 is 1.74 bits per heavy atom. The highest BCUT2D eigenvalue weighted by Gasteiger charge is 2.37. The van der Waals surface area contributed by atoms with Crippen LogP contribution in [0.25, 0.3) is 0 Å². The van der Waals surface area contributed by atoms with Crippen molar-refractivity contribution in [2.75, 3.05) is 7.05 Å². The molecule has 0 heterocycles. The molecule has 0 saturated heterocycles. The summed E-state index contributed by atoms with van der Waals surface area (Å²) < 4.78 is 0. The van der Waals surface area contributed by atoms with Crippen molar-refractivity contribution in [2.24, 2.45) is 11.3 Å². The summed E-state index contributed by atoms with van der Waals surface area (Å²) in [7, 11) is 2.12. The van der Waals surface area contributed by atoms with E-state index in [0.29, 0.717) is 11.5 Å². The molecule has 0 spiro atoms. The minimum Gasteiger partial charge on any atom is -0.313 e. The fraction of sp³-hybridized carbons (Fsp3) is 0.667. The second kappa shape index (κ2) is 5.66. The molecule has 0 amide bonds. The minimum absolute atomic E-state index is 0.448. The Bertz CT molecular complexity index is 413. The summed E-state index contributed by atoms with van der Waals surface area (Å²) in [5.74, 6) is 0.743. The first-order chi connectivity index (χ1) is 8.94. The van der Waals surface area contributed by atoms with E-state index < -0.39 is 0 Å². The third-order valence-corrected chi connectivity index (χ3v) is 4.91. The molecule has 19 heavy (non-hydrogen) atoms. The number of rotatable bonds is 3. The van der Waals surface area contributed by atoms with Crippen molar-refractivity contribution in [3.8, 4) is 0 Å². The molecule has 2 atom stereocenters. The molecule has 1 nitrogen and oxygen atoms in total. The van der Waals surface area contributed by atoms with Gasteiger partial charge in [0.25, 0.3) is 0 Å². The molecule has 2 unspecified atom stereocenters. The summed E-state index contributed by atoms with van der Waals surface area (Å²) in [6, 6.07) is 7.48. The zero-order valence-electron chi connectivity index (χ0n) is 13.2. The van der Waals surface area contributed by atoms with Crippen molar-refractivity contribution in [2.45, 2.75) is 59.4 Å². The highest BCUT2D eigenvalue weighted by Crippen LogP contribution is 2.46. The van der Waals surface area contributed by atoms with Crippen molar-refractivity contribution in [3.05, 3.63) is 34.9 Å². The van der Waals surface area contributed by atoms with Crippen LogP contribution in [-0.2, 0) is 0 Å². The Kier molecular flexibility index (Phi) is 4.35. The van der Waals surface area contributed by atoms with Gasteiger partial charge in [-0.15, -0.1) is 0 Å². The Hall–Kier alpha value is -0.820. The molecule has 1 aromatic rings. The van der Waals surface area contributed by atoms with Gasteiger partial charge in [0.05, 0.1) is 0 Å². The zero-order valence-corrected chi connectivity index (χ0v) is 13.2. The summed E-state index contributed by atoms with van der Waals surface area (Å²) in [6.07, 6.45) is 5.50. The summed E-state index contributed by atoms with van der Waals surface area (Å²) in [4.78, 5) is 0. The largest absolute Gasteiger partial charge is 0.313 e. The van der Waals surface area contributed by atoms with Crippen molar-refractivity contribution in [1.82, 2.24) is 5.32 Å². The third kappa shape index (κ3) is 3.20. The Morgan fingerprint density at radius 3 is 2.26 bits per heavy atom. The van der Waals surface area contributed by atoms with Crippen LogP contribution in [0.5, 0.6) is 0 Å². The summed E-state index contributed by atoms with van der Waals surface area (Å²) >= 11 is 0. The van der Waals surface area contributed by atoms with Gasteiger partial charge in [-0.05, 0) is 50.6 Å². The fourth-order valence-corrected chi connectivity index (χ4v) is 3.93. The van der Waals surface area contributed by atoms with Gasteiger partial charge in [0.15, 0.2) is 0 Å². The molecular formula is C18H29N. The van der Waals surface area contributed by atoms with Crippen molar-refractivity contribution in [1.29, 1.82) is 0 Å². The van der Waals surface area contributed by atoms with Gasteiger partial charge in [-0.3, -0.25) is 0 Å². The Labute approximate surface area is 118 Å². The van der Waals surface area contributed by atoms with E-state index in [1.807, 2.05) is 0 Å². The molecule has 1 aromatic carbocycles. The molecule has 2 rings (SSSR count). The predicted molar refractivity (Wildman–Crippen MR) is 83.5 cm³/mol. The maximum absolute atomic E-state index is 3.60. The highest BCUT2D eigenvalue weighted by molar-refractivity contribution is 5.31. The molecule has 1 fully saturated rings. The maximum atomic E-state index is 3.60. The average molecular weight is 259 g/mol. The van der Waals surface area contributed by atoms with E-state index in [4.69, 9.17) is 0 Å². The van der Waals surface area contributed by atoms with E-state index in [1.54, 1.807) is 0 Å². The van der Waals surface area contributed by atoms with Crippen molar-refractivity contribution >= 4 is 0 Å². The van der Waals surface area contributed by atoms with Crippen LogP contribution >= 0.6 is 0 Å².